The van der Waals surface area contributed by atoms with Crippen LogP contribution >= 0.6 is 0 Å². The molecule has 0 unspecified atom stereocenters. The van der Waals surface area contributed by atoms with E-state index in [4.69, 9.17) is 4.52 Å². The number of nitrogens with zero attached hydrogens (tertiary/aromatic N) is 1. The first-order valence-electron chi connectivity index (χ1n) is 5.66. The Morgan fingerprint density at radius 1 is 1.25 bits per heavy atom. The van der Waals surface area contributed by atoms with E-state index < -0.39 is 0 Å². The summed E-state index contributed by atoms with van der Waals surface area (Å²) in [6.45, 7) is 0.807. The molecular formula is C13H14N2O. The van der Waals surface area contributed by atoms with Crippen LogP contribution in [0.3, 0.4) is 0 Å². The molecule has 3 heteroatoms. The molecule has 0 aliphatic heterocycles. The summed E-state index contributed by atoms with van der Waals surface area (Å²) in [5.41, 5.74) is 2.05. The average Bonchev–Trinajstić information content (AvgIpc) is 3.05. The second-order valence-electron chi connectivity index (χ2n) is 4.20. The van der Waals surface area contributed by atoms with Crippen molar-refractivity contribution in [3.63, 3.8) is 0 Å². The van der Waals surface area contributed by atoms with E-state index in [9.17, 15) is 0 Å². The molecule has 0 atom stereocenters. The van der Waals surface area contributed by atoms with Gasteiger partial charge >= 0.3 is 0 Å². The molecule has 0 spiro atoms. The van der Waals surface area contributed by atoms with Crippen LogP contribution in [0.2, 0.25) is 0 Å². The first kappa shape index (κ1) is 9.60. The van der Waals surface area contributed by atoms with Gasteiger partial charge in [0.25, 0.3) is 0 Å². The van der Waals surface area contributed by atoms with Gasteiger partial charge in [-0.25, -0.2) is 0 Å². The molecule has 1 aliphatic carbocycles. The standard InChI is InChI=1S/C13H14N2O/c1-2-4-10(5-3-1)13-8-12(15-16-13)9-14-11-6-7-11/h1-5,8,11,14H,6-7,9H2. The SMILES string of the molecule is c1ccc(-c2cc(CNC3CC3)no2)cc1. The zero-order valence-electron chi connectivity index (χ0n) is 9.02. The Morgan fingerprint density at radius 3 is 2.81 bits per heavy atom. The van der Waals surface area contributed by atoms with Crippen molar-refractivity contribution in [3.05, 3.63) is 42.1 Å². The molecule has 3 rings (SSSR count). The Bertz CT molecular complexity index is 460. The monoisotopic (exact) mass is 214 g/mol. The van der Waals surface area contributed by atoms with Crippen molar-refractivity contribution >= 4 is 0 Å². The fraction of sp³-hybridized carbons (Fsp3) is 0.308. The van der Waals surface area contributed by atoms with E-state index in [1.807, 2.05) is 36.4 Å². The molecule has 2 aromatic rings. The van der Waals surface area contributed by atoms with Crippen molar-refractivity contribution < 1.29 is 4.52 Å². The highest BCUT2D eigenvalue weighted by molar-refractivity contribution is 5.56. The summed E-state index contributed by atoms with van der Waals surface area (Å²) in [7, 11) is 0. The smallest absolute Gasteiger partial charge is 0.167 e. The van der Waals surface area contributed by atoms with E-state index in [0.29, 0.717) is 6.04 Å². The van der Waals surface area contributed by atoms with Gasteiger partial charge in [0.15, 0.2) is 5.76 Å². The summed E-state index contributed by atoms with van der Waals surface area (Å²) >= 11 is 0. The molecule has 0 saturated heterocycles. The van der Waals surface area contributed by atoms with Gasteiger partial charge in [-0.3, -0.25) is 0 Å². The van der Waals surface area contributed by atoms with Crippen LogP contribution in [0.15, 0.2) is 40.9 Å². The van der Waals surface area contributed by atoms with Gasteiger partial charge in [-0.1, -0.05) is 35.5 Å². The molecule has 1 saturated carbocycles. The van der Waals surface area contributed by atoms with E-state index in [2.05, 4.69) is 10.5 Å². The largest absolute Gasteiger partial charge is 0.356 e. The Morgan fingerprint density at radius 2 is 2.06 bits per heavy atom. The normalized spacial score (nSPS) is 15.2. The van der Waals surface area contributed by atoms with Gasteiger partial charge in [0, 0.05) is 24.2 Å². The zero-order valence-corrected chi connectivity index (χ0v) is 9.02. The van der Waals surface area contributed by atoms with Gasteiger partial charge in [0.1, 0.15) is 0 Å². The van der Waals surface area contributed by atoms with Crippen LogP contribution in [0.4, 0.5) is 0 Å². The second kappa shape index (κ2) is 4.10. The average molecular weight is 214 g/mol. The maximum Gasteiger partial charge on any atom is 0.167 e. The number of aromatic nitrogens is 1. The molecule has 1 fully saturated rings. The van der Waals surface area contributed by atoms with E-state index in [0.717, 1.165) is 23.6 Å². The summed E-state index contributed by atoms with van der Waals surface area (Å²) in [4.78, 5) is 0. The van der Waals surface area contributed by atoms with Crippen LogP contribution in [0.1, 0.15) is 18.5 Å². The van der Waals surface area contributed by atoms with Crippen molar-refractivity contribution in [2.75, 3.05) is 0 Å². The zero-order chi connectivity index (χ0) is 10.8. The number of hydrogen-bond donors (Lipinski definition) is 1. The van der Waals surface area contributed by atoms with E-state index in [1.54, 1.807) is 0 Å². The lowest BCUT2D eigenvalue weighted by atomic mass is 10.2. The van der Waals surface area contributed by atoms with Crippen LogP contribution in [-0.4, -0.2) is 11.2 Å². The second-order valence-corrected chi connectivity index (χ2v) is 4.20. The Hall–Kier alpha value is -1.61. The molecule has 82 valence electrons. The molecule has 3 nitrogen and oxygen atoms in total. The minimum absolute atomic E-state index is 0.705. The highest BCUT2D eigenvalue weighted by Gasteiger charge is 2.20. The summed E-state index contributed by atoms with van der Waals surface area (Å²) in [5.74, 6) is 0.841. The fourth-order valence-corrected chi connectivity index (χ4v) is 1.67. The van der Waals surface area contributed by atoms with E-state index in [-0.39, 0.29) is 0 Å². The molecule has 1 heterocycles. The molecule has 16 heavy (non-hydrogen) atoms. The quantitative estimate of drug-likeness (QED) is 0.850. The molecule has 1 aliphatic rings. The first-order chi connectivity index (χ1) is 7.92. The summed E-state index contributed by atoms with van der Waals surface area (Å²) in [6.07, 6.45) is 2.59. The maximum atomic E-state index is 5.31. The molecule has 1 N–H and O–H groups in total. The van der Waals surface area contributed by atoms with Crippen molar-refractivity contribution in [1.29, 1.82) is 0 Å². The molecule has 0 amide bonds. The van der Waals surface area contributed by atoms with Gasteiger partial charge in [0.05, 0.1) is 5.69 Å². The number of rotatable bonds is 4. The number of nitrogens with one attached hydrogen (secondary N) is 1. The van der Waals surface area contributed by atoms with Crippen molar-refractivity contribution in [1.82, 2.24) is 10.5 Å². The van der Waals surface area contributed by atoms with Crippen LogP contribution in [-0.2, 0) is 6.54 Å². The van der Waals surface area contributed by atoms with Crippen molar-refractivity contribution in [3.8, 4) is 11.3 Å². The van der Waals surface area contributed by atoms with E-state index >= 15 is 0 Å². The Kier molecular flexibility index (Phi) is 2.46. The summed E-state index contributed by atoms with van der Waals surface area (Å²) in [6, 6.07) is 12.8. The molecule has 0 radical (unpaired) electrons. The first-order valence-corrected chi connectivity index (χ1v) is 5.66. The maximum absolute atomic E-state index is 5.31. The third-order valence-corrected chi connectivity index (χ3v) is 2.77. The Balaban J connectivity index is 1.71. The lowest BCUT2D eigenvalue weighted by Crippen LogP contribution is -2.15. The predicted molar refractivity (Wildman–Crippen MR) is 61.8 cm³/mol. The van der Waals surface area contributed by atoms with Gasteiger partial charge in [-0.2, -0.15) is 0 Å². The molecule has 0 bridgehead atoms. The van der Waals surface area contributed by atoms with Gasteiger partial charge in [-0.15, -0.1) is 0 Å². The lowest BCUT2D eigenvalue weighted by Gasteiger charge is -1.95. The minimum atomic E-state index is 0.705. The van der Waals surface area contributed by atoms with Crippen LogP contribution in [0.5, 0.6) is 0 Å². The Labute approximate surface area is 94.5 Å². The van der Waals surface area contributed by atoms with Gasteiger partial charge < -0.3 is 9.84 Å². The van der Waals surface area contributed by atoms with Gasteiger partial charge in [-0.05, 0) is 12.8 Å². The van der Waals surface area contributed by atoms with E-state index in [1.165, 1.54) is 12.8 Å². The molecular weight excluding hydrogens is 200 g/mol. The number of benzene rings is 1. The lowest BCUT2D eigenvalue weighted by molar-refractivity contribution is 0.420. The third kappa shape index (κ3) is 2.14. The van der Waals surface area contributed by atoms with Crippen LogP contribution in [0.25, 0.3) is 11.3 Å². The van der Waals surface area contributed by atoms with Crippen LogP contribution < -0.4 is 5.32 Å². The van der Waals surface area contributed by atoms with Crippen molar-refractivity contribution in [2.24, 2.45) is 0 Å². The highest BCUT2D eigenvalue weighted by Crippen LogP contribution is 2.21. The van der Waals surface area contributed by atoms with Gasteiger partial charge in [0.2, 0.25) is 0 Å². The predicted octanol–water partition coefficient (Wildman–Crippen LogP) is 2.59. The topological polar surface area (TPSA) is 38.1 Å². The highest BCUT2D eigenvalue weighted by atomic mass is 16.5. The third-order valence-electron chi connectivity index (χ3n) is 2.77. The molecule has 1 aromatic heterocycles. The fourth-order valence-electron chi connectivity index (χ4n) is 1.67. The van der Waals surface area contributed by atoms with Crippen molar-refractivity contribution in [2.45, 2.75) is 25.4 Å². The minimum Gasteiger partial charge on any atom is -0.356 e. The summed E-state index contributed by atoms with van der Waals surface area (Å²) in [5, 5.41) is 7.47. The van der Waals surface area contributed by atoms with Crippen LogP contribution in [0, 0.1) is 0 Å². The number of hydrogen-bond acceptors (Lipinski definition) is 3. The summed E-state index contributed by atoms with van der Waals surface area (Å²) < 4.78 is 5.31. The molecule has 1 aromatic carbocycles.